The number of nitrogens with one attached hydrogen (secondary N) is 1. The topological polar surface area (TPSA) is 128 Å². The average molecular weight is 318 g/mol. The number of aliphatic hydroxyl groups excluding tert-OH is 1. The summed E-state index contributed by atoms with van der Waals surface area (Å²) < 4.78 is 0. The number of carbonyl (C=O) groups is 2. The molecule has 8 heteroatoms. The summed E-state index contributed by atoms with van der Waals surface area (Å²) in [7, 11) is 0. The summed E-state index contributed by atoms with van der Waals surface area (Å²) in [6.07, 6.45) is 5.38. The zero-order valence-corrected chi connectivity index (χ0v) is 13.1. The number of hydrogen-bond acceptors (Lipinski definition) is 6. The summed E-state index contributed by atoms with van der Waals surface area (Å²) >= 11 is 0. The molecule has 0 spiro atoms. The number of nitrogens with zero attached hydrogens (tertiary/aromatic N) is 1. The Morgan fingerprint density at radius 2 is 1.73 bits per heavy atom. The first-order valence-corrected chi connectivity index (χ1v) is 7.38. The number of rotatable bonds is 6. The van der Waals surface area contributed by atoms with Crippen LogP contribution < -0.4 is 5.32 Å². The van der Waals surface area contributed by atoms with Crippen molar-refractivity contribution in [1.29, 1.82) is 0 Å². The number of hydrogen-bond donors (Lipinski definition) is 4. The molecule has 8 nitrogen and oxygen atoms in total. The van der Waals surface area contributed by atoms with E-state index in [2.05, 4.69) is 24.3 Å². The van der Waals surface area contributed by atoms with Crippen molar-refractivity contribution in [2.45, 2.75) is 58.1 Å². The lowest BCUT2D eigenvalue weighted by molar-refractivity contribution is -0.159. The van der Waals surface area contributed by atoms with E-state index in [1.807, 2.05) is 0 Å². The smallest absolute Gasteiger partial charge is 0.414 e. The van der Waals surface area contributed by atoms with Crippen LogP contribution in [0.1, 0.15) is 46.0 Å². The van der Waals surface area contributed by atoms with Crippen LogP contribution in [0.2, 0.25) is 0 Å². The molecule has 1 atom stereocenters. The van der Waals surface area contributed by atoms with Crippen LogP contribution >= 0.6 is 0 Å². The van der Waals surface area contributed by atoms with Gasteiger partial charge >= 0.3 is 11.9 Å². The molecule has 22 heavy (non-hydrogen) atoms. The van der Waals surface area contributed by atoms with Crippen LogP contribution in [-0.2, 0) is 14.4 Å². The van der Waals surface area contributed by atoms with Crippen molar-refractivity contribution in [3.05, 3.63) is 0 Å². The van der Waals surface area contributed by atoms with Gasteiger partial charge in [0.05, 0.1) is 5.71 Å². The molecule has 0 saturated heterocycles. The van der Waals surface area contributed by atoms with Gasteiger partial charge in [0.1, 0.15) is 12.7 Å². The van der Waals surface area contributed by atoms with Gasteiger partial charge in [0, 0.05) is 12.6 Å². The molecule has 0 amide bonds. The van der Waals surface area contributed by atoms with Crippen LogP contribution in [0.15, 0.2) is 5.16 Å². The summed E-state index contributed by atoms with van der Waals surface area (Å²) in [6, 6.07) is 0.388. The van der Waals surface area contributed by atoms with E-state index in [0.29, 0.717) is 12.6 Å². The number of aliphatic carboxylic acids is 2. The zero-order valence-electron chi connectivity index (χ0n) is 13.1. The average Bonchev–Trinajstić information content (AvgIpc) is 2.47. The fourth-order valence-corrected chi connectivity index (χ4v) is 1.70. The van der Waals surface area contributed by atoms with Crippen LogP contribution in [0.25, 0.3) is 0 Å². The van der Waals surface area contributed by atoms with Gasteiger partial charge in [-0.3, -0.25) is 0 Å². The highest BCUT2D eigenvalue weighted by Gasteiger charge is 2.08. The first kappa shape index (κ1) is 20.3. The third-order valence-electron chi connectivity index (χ3n) is 2.84. The summed E-state index contributed by atoms with van der Waals surface area (Å²) in [5.74, 6) is -3.65. The quantitative estimate of drug-likeness (QED) is 0.422. The van der Waals surface area contributed by atoms with Crippen molar-refractivity contribution < 1.29 is 29.7 Å². The standard InChI is InChI=1S/C12H24N2O2.C2H2O4/c1-10(2)13-8-12(15)9-16-14-11-6-4-3-5-7-11;3-1(4)2(5)6/h10,12-13,15H,3-9H2,1-2H3;(H,3,4)(H,5,6). The van der Waals surface area contributed by atoms with Crippen LogP contribution in [0.3, 0.4) is 0 Å². The van der Waals surface area contributed by atoms with E-state index >= 15 is 0 Å². The Kier molecular flexibility index (Phi) is 11.0. The second kappa shape index (κ2) is 11.9. The number of carboxylic acid groups (broad SMARTS) is 2. The highest BCUT2D eigenvalue weighted by molar-refractivity contribution is 6.27. The molecule has 0 aromatic carbocycles. The maximum atomic E-state index is 9.57. The minimum absolute atomic E-state index is 0.281. The van der Waals surface area contributed by atoms with Gasteiger partial charge in [-0.2, -0.15) is 0 Å². The van der Waals surface area contributed by atoms with Crippen molar-refractivity contribution in [3.8, 4) is 0 Å². The highest BCUT2D eigenvalue weighted by Crippen LogP contribution is 2.14. The van der Waals surface area contributed by atoms with Gasteiger partial charge < -0.3 is 25.5 Å². The van der Waals surface area contributed by atoms with Gasteiger partial charge in [-0.1, -0.05) is 25.4 Å². The van der Waals surface area contributed by atoms with Gasteiger partial charge in [0.25, 0.3) is 0 Å². The second-order valence-corrected chi connectivity index (χ2v) is 5.34. The zero-order chi connectivity index (χ0) is 17.0. The SMILES string of the molecule is CC(C)NCC(O)CON=C1CCCCC1.O=C(O)C(=O)O. The molecular weight excluding hydrogens is 292 g/mol. The number of oxime groups is 1. The lowest BCUT2D eigenvalue weighted by atomic mass is 9.99. The lowest BCUT2D eigenvalue weighted by Crippen LogP contribution is -2.34. The van der Waals surface area contributed by atoms with E-state index in [1.54, 1.807) is 0 Å². The van der Waals surface area contributed by atoms with Gasteiger partial charge in [-0.25, -0.2) is 9.59 Å². The first-order chi connectivity index (χ1) is 10.3. The number of carboxylic acids is 2. The Morgan fingerprint density at radius 3 is 2.18 bits per heavy atom. The van der Waals surface area contributed by atoms with Gasteiger partial charge in [0.15, 0.2) is 0 Å². The van der Waals surface area contributed by atoms with Gasteiger partial charge in [0.2, 0.25) is 0 Å². The van der Waals surface area contributed by atoms with E-state index in [4.69, 9.17) is 24.6 Å². The predicted octanol–water partition coefficient (Wildman–Crippen LogP) is 0.838. The summed E-state index contributed by atoms with van der Waals surface area (Å²) in [5.41, 5.74) is 1.15. The molecule has 1 aliphatic rings. The van der Waals surface area contributed by atoms with E-state index in [0.717, 1.165) is 18.6 Å². The predicted molar refractivity (Wildman–Crippen MR) is 80.9 cm³/mol. The molecule has 1 aliphatic carbocycles. The van der Waals surface area contributed by atoms with Crippen molar-refractivity contribution in [1.82, 2.24) is 5.32 Å². The monoisotopic (exact) mass is 318 g/mol. The molecule has 0 aromatic heterocycles. The Hall–Kier alpha value is -1.67. The van der Waals surface area contributed by atoms with E-state index < -0.39 is 18.0 Å². The van der Waals surface area contributed by atoms with Crippen molar-refractivity contribution >= 4 is 17.7 Å². The molecule has 0 radical (unpaired) electrons. The van der Waals surface area contributed by atoms with Crippen molar-refractivity contribution in [3.63, 3.8) is 0 Å². The second-order valence-electron chi connectivity index (χ2n) is 5.34. The summed E-state index contributed by atoms with van der Waals surface area (Å²) in [4.78, 5) is 23.4. The molecule has 1 fully saturated rings. The Balaban J connectivity index is 0.000000626. The van der Waals surface area contributed by atoms with Crippen molar-refractivity contribution in [2.75, 3.05) is 13.2 Å². The van der Waals surface area contributed by atoms with Gasteiger partial charge in [-0.05, 0) is 25.7 Å². The molecule has 0 aliphatic heterocycles. The molecule has 0 heterocycles. The highest BCUT2D eigenvalue weighted by atomic mass is 16.6. The molecule has 1 unspecified atom stereocenters. The lowest BCUT2D eigenvalue weighted by Gasteiger charge is -2.14. The van der Waals surface area contributed by atoms with Crippen molar-refractivity contribution in [2.24, 2.45) is 5.16 Å². The van der Waals surface area contributed by atoms with E-state index in [1.165, 1.54) is 19.3 Å². The van der Waals surface area contributed by atoms with Gasteiger partial charge in [-0.15, -0.1) is 0 Å². The summed E-state index contributed by atoms with van der Waals surface area (Å²) in [5, 5.41) is 31.6. The van der Waals surface area contributed by atoms with E-state index in [-0.39, 0.29) is 6.61 Å². The molecule has 0 bridgehead atoms. The van der Waals surface area contributed by atoms with Crippen LogP contribution in [0.5, 0.6) is 0 Å². The molecule has 128 valence electrons. The van der Waals surface area contributed by atoms with E-state index in [9.17, 15) is 5.11 Å². The fourth-order valence-electron chi connectivity index (χ4n) is 1.70. The van der Waals surface area contributed by atoms with Crippen LogP contribution in [0.4, 0.5) is 0 Å². The molecule has 0 aromatic rings. The Labute approximate surface area is 130 Å². The molecule has 1 rings (SSSR count). The molecule has 4 N–H and O–H groups in total. The third kappa shape index (κ3) is 12.1. The largest absolute Gasteiger partial charge is 0.473 e. The Bertz CT molecular complexity index is 350. The van der Waals surface area contributed by atoms with Crippen LogP contribution in [0, 0.1) is 0 Å². The maximum Gasteiger partial charge on any atom is 0.414 e. The first-order valence-electron chi connectivity index (χ1n) is 7.38. The normalized spacial score (nSPS) is 15.5. The maximum absolute atomic E-state index is 9.57. The molecular formula is C14H26N2O6. The summed E-state index contributed by atoms with van der Waals surface area (Å²) in [6.45, 7) is 4.94. The molecule has 1 saturated carbocycles. The Morgan fingerprint density at radius 1 is 1.18 bits per heavy atom. The third-order valence-corrected chi connectivity index (χ3v) is 2.84. The minimum Gasteiger partial charge on any atom is -0.473 e. The van der Waals surface area contributed by atoms with Crippen LogP contribution in [-0.4, -0.2) is 58.3 Å². The minimum atomic E-state index is -1.82. The fraction of sp³-hybridized carbons (Fsp3) is 0.786. The number of aliphatic hydroxyl groups is 1.